The van der Waals surface area contributed by atoms with Crippen LogP contribution >= 0.6 is 0 Å². The number of hydrogen-bond donors (Lipinski definition) is 1. The number of rotatable bonds is 2. The van der Waals surface area contributed by atoms with Crippen LogP contribution in [-0.4, -0.2) is 54.2 Å². The van der Waals surface area contributed by atoms with Crippen molar-refractivity contribution >= 4 is 0 Å². The summed E-state index contributed by atoms with van der Waals surface area (Å²) in [6.07, 6.45) is 1.04. The molecule has 2 aliphatic rings. The Morgan fingerprint density at radius 3 is 2.04 bits per heavy atom. The third-order valence-electron chi connectivity index (χ3n) is 5.36. The fraction of sp³-hybridized carbons (Fsp3) is 0.364. The van der Waals surface area contributed by atoms with Crippen molar-refractivity contribution in [2.24, 2.45) is 0 Å². The molecule has 2 aromatic rings. The highest BCUT2D eigenvalue weighted by Crippen LogP contribution is 2.38. The van der Waals surface area contributed by atoms with Gasteiger partial charge in [-0.05, 0) is 28.7 Å². The Bertz CT molecular complexity index is 751. The van der Waals surface area contributed by atoms with Crippen LogP contribution in [0.15, 0.2) is 48.5 Å². The smallest absolute Gasteiger partial charge is 0.104 e. The number of benzene rings is 2. The van der Waals surface area contributed by atoms with Crippen LogP contribution in [-0.2, 0) is 6.42 Å². The Kier molecular flexibility index (Phi) is 4.85. The first-order valence-corrected chi connectivity index (χ1v) is 9.05. The van der Waals surface area contributed by atoms with Crippen LogP contribution in [0.5, 0.6) is 0 Å². The van der Waals surface area contributed by atoms with E-state index in [4.69, 9.17) is 5.11 Å². The zero-order chi connectivity index (χ0) is 17.1. The predicted molar refractivity (Wildman–Crippen MR) is 100 cm³/mol. The minimum Gasteiger partial charge on any atom is -0.384 e. The van der Waals surface area contributed by atoms with Crippen molar-refractivity contribution in [3.05, 3.63) is 70.8 Å². The molecule has 1 aliphatic carbocycles. The van der Waals surface area contributed by atoms with Gasteiger partial charge in [0.25, 0.3) is 0 Å². The van der Waals surface area contributed by atoms with Gasteiger partial charge in [-0.25, -0.2) is 0 Å². The van der Waals surface area contributed by atoms with Crippen LogP contribution in [0.2, 0.25) is 0 Å². The number of hydrogen-bond acceptors (Lipinski definition) is 3. The average Bonchev–Trinajstić information content (AvgIpc) is 2.67. The van der Waals surface area contributed by atoms with Gasteiger partial charge in [-0.15, -0.1) is 0 Å². The van der Waals surface area contributed by atoms with E-state index in [1.807, 2.05) is 0 Å². The molecule has 1 fully saturated rings. The maximum Gasteiger partial charge on any atom is 0.104 e. The van der Waals surface area contributed by atoms with Gasteiger partial charge in [-0.3, -0.25) is 9.80 Å². The van der Waals surface area contributed by atoms with Gasteiger partial charge in [0.15, 0.2) is 0 Å². The molecule has 0 atom stereocenters. The van der Waals surface area contributed by atoms with Crippen molar-refractivity contribution < 1.29 is 5.11 Å². The predicted octanol–water partition coefficient (Wildman–Crippen LogP) is 2.29. The van der Waals surface area contributed by atoms with E-state index in [0.29, 0.717) is 6.04 Å². The van der Waals surface area contributed by atoms with E-state index in [2.05, 4.69) is 70.2 Å². The summed E-state index contributed by atoms with van der Waals surface area (Å²) in [7, 11) is 0. The summed E-state index contributed by atoms with van der Waals surface area (Å²) in [5.74, 6) is 5.78. The Hall–Kier alpha value is -2.12. The molecule has 0 radical (unpaired) electrons. The molecular formula is C22H24N2O. The summed E-state index contributed by atoms with van der Waals surface area (Å²) < 4.78 is 0. The normalized spacial score (nSPS) is 18.1. The number of fused-ring (bicyclic) bond motifs is 2. The minimum atomic E-state index is -0.0460. The Labute approximate surface area is 149 Å². The lowest BCUT2D eigenvalue weighted by atomic mass is 9.81. The van der Waals surface area contributed by atoms with Gasteiger partial charge in [-0.1, -0.05) is 60.4 Å². The molecule has 4 rings (SSSR count). The summed E-state index contributed by atoms with van der Waals surface area (Å²) in [6, 6.07) is 18.2. The average molecular weight is 332 g/mol. The van der Waals surface area contributed by atoms with Crippen LogP contribution < -0.4 is 0 Å². The highest BCUT2D eigenvalue weighted by Gasteiger charge is 2.31. The molecule has 1 heterocycles. The maximum atomic E-state index is 8.79. The first-order valence-electron chi connectivity index (χ1n) is 9.05. The molecule has 25 heavy (non-hydrogen) atoms. The molecule has 0 saturated carbocycles. The lowest BCUT2D eigenvalue weighted by molar-refractivity contribution is 0.117. The zero-order valence-corrected chi connectivity index (χ0v) is 14.5. The second-order valence-corrected chi connectivity index (χ2v) is 6.80. The number of aliphatic hydroxyl groups excluding tert-OH is 1. The summed E-state index contributed by atoms with van der Waals surface area (Å²) in [6.45, 7) is 4.87. The molecule has 128 valence electrons. The highest BCUT2D eigenvalue weighted by atomic mass is 16.2. The molecule has 2 aromatic carbocycles. The summed E-state index contributed by atoms with van der Waals surface area (Å²) in [4.78, 5) is 4.99. The zero-order valence-electron chi connectivity index (χ0n) is 14.5. The van der Waals surface area contributed by atoms with Crippen molar-refractivity contribution in [2.75, 3.05) is 39.3 Å². The number of piperazine rings is 1. The van der Waals surface area contributed by atoms with E-state index < -0.39 is 0 Å². The van der Waals surface area contributed by atoms with E-state index in [1.54, 1.807) is 0 Å². The SMILES string of the molecule is OCC#CCN1CCN(C2c3ccccc3Cc3ccccc32)CC1. The van der Waals surface area contributed by atoms with Crippen molar-refractivity contribution in [3.63, 3.8) is 0 Å². The lowest BCUT2D eigenvalue weighted by Crippen LogP contribution is -2.48. The van der Waals surface area contributed by atoms with Crippen molar-refractivity contribution in [3.8, 4) is 11.8 Å². The van der Waals surface area contributed by atoms with Gasteiger partial charge in [-0.2, -0.15) is 0 Å². The minimum absolute atomic E-state index is 0.0460. The first-order chi connectivity index (χ1) is 12.4. The highest BCUT2D eigenvalue weighted by molar-refractivity contribution is 5.48. The standard InChI is InChI=1S/C22H24N2O/c25-16-6-5-11-23-12-14-24(15-13-23)22-20-9-3-1-7-18(20)17-19-8-2-4-10-21(19)22/h1-4,7-10,22,25H,11-17H2. The molecule has 3 heteroatoms. The molecule has 3 nitrogen and oxygen atoms in total. The fourth-order valence-corrected chi connectivity index (χ4v) is 4.09. The molecule has 1 saturated heterocycles. The summed E-state index contributed by atoms with van der Waals surface area (Å²) in [5, 5.41) is 8.79. The summed E-state index contributed by atoms with van der Waals surface area (Å²) >= 11 is 0. The van der Waals surface area contributed by atoms with E-state index in [9.17, 15) is 0 Å². The van der Waals surface area contributed by atoms with Gasteiger partial charge in [0.2, 0.25) is 0 Å². The monoisotopic (exact) mass is 332 g/mol. The molecule has 0 amide bonds. The second kappa shape index (κ2) is 7.41. The van der Waals surface area contributed by atoms with Gasteiger partial charge in [0.05, 0.1) is 12.6 Å². The Balaban J connectivity index is 1.57. The van der Waals surface area contributed by atoms with Crippen LogP contribution in [0.4, 0.5) is 0 Å². The lowest BCUT2D eigenvalue weighted by Gasteiger charge is -2.42. The Morgan fingerprint density at radius 1 is 0.840 bits per heavy atom. The summed E-state index contributed by atoms with van der Waals surface area (Å²) in [5.41, 5.74) is 5.86. The molecule has 0 spiro atoms. The number of nitrogens with zero attached hydrogens (tertiary/aromatic N) is 2. The van der Waals surface area contributed by atoms with Gasteiger partial charge >= 0.3 is 0 Å². The largest absolute Gasteiger partial charge is 0.384 e. The van der Waals surface area contributed by atoms with Gasteiger partial charge in [0, 0.05) is 26.2 Å². The van der Waals surface area contributed by atoms with E-state index >= 15 is 0 Å². The van der Waals surface area contributed by atoms with Crippen LogP contribution in [0.1, 0.15) is 28.3 Å². The third-order valence-corrected chi connectivity index (χ3v) is 5.36. The molecule has 1 N–H and O–H groups in total. The fourth-order valence-electron chi connectivity index (χ4n) is 4.09. The van der Waals surface area contributed by atoms with Gasteiger partial charge in [0.1, 0.15) is 6.61 Å². The van der Waals surface area contributed by atoms with Crippen LogP contribution in [0.3, 0.4) is 0 Å². The van der Waals surface area contributed by atoms with Crippen LogP contribution in [0, 0.1) is 11.8 Å². The second-order valence-electron chi connectivity index (χ2n) is 6.80. The van der Waals surface area contributed by atoms with Crippen molar-refractivity contribution in [2.45, 2.75) is 12.5 Å². The molecule has 1 aliphatic heterocycles. The van der Waals surface area contributed by atoms with E-state index in [1.165, 1.54) is 22.3 Å². The maximum absolute atomic E-state index is 8.79. The Morgan fingerprint density at radius 2 is 1.44 bits per heavy atom. The van der Waals surface area contributed by atoms with E-state index in [0.717, 1.165) is 39.1 Å². The molecule has 0 unspecified atom stereocenters. The van der Waals surface area contributed by atoms with Crippen LogP contribution in [0.25, 0.3) is 0 Å². The molecule has 0 aromatic heterocycles. The third kappa shape index (κ3) is 3.34. The van der Waals surface area contributed by atoms with Crippen molar-refractivity contribution in [1.29, 1.82) is 0 Å². The molecular weight excluding hydrogens is 308 g/mol. The van der Waals surface area contributed by atoms with Crippen molar-refractivity contribution in [1.82, 2.24) is 9.80 Å². The van der Waals surface area contributed by atoms with E-state index in [-0.39, 0.29) is 6.61 Å². The van der Waals surface area contributed by atoms with Gasteiger partial charge < -0.3 is 5.11 Å². The topological polar surface area (TPSA) is 26.7 Å². The quantitative estimate of drug-likeness (QED) is 0.855. The first kappa shape index (κ1) is 16.4. The molecule has 0 bridgehead atoms. The number of aliphatic hydroxyl groups is 1.